The Kier molecular flexibility index (Phi) is 5.50. The van der Waals surface area contributed by atoms with E-state index in [1.807, 2.05) is 23.9 Å². The van der Waals surface area contributed by atoms with Crippen LogP contribution in [0.1, 0.15) is 5.56 Å². The van der Waals surface area contributed by atoms with Crippen LogP contribution in [0.3, 0.4) is 0 Å². The molecule has 0 spiro atoms. The van der Waals surface area contributed by atoms with Crippen molar-refractivity contribution in [3.05, 3.63) is 29.8 Å². The number of aliphatic hydroxyl groups excluding tert-OH is 1. The molecule has 1 saturated heterocycles. The number of likely N-dealkylation sites (N-methyl/N-ethyl adjacent to an activating group) is 1. The van der Waals surface area contributed by atoms with E-state index >= 15 is 0 Å². The van der Waals surface area contributed by atoms with E-state index in [0.717, 1.165) is 11.3 Å². The van der Waals surface area contributed by atoms with Gasteiger partial charge >= 0.3 is 0 Å². The molecule has 18 heavy (non-hydrogen) atoms. The molecule has 100 valence electrons. The number of piperazine rings is 1. The standard InChI is InChI=1S/C14H22N2OS/c1-15-6-8-16(9-7-15)10-11-18-14-4-2-13(12-17)3-5-14/h2-5,17H,6-12H2,1H3. The fourth-order valence-electron chi connectivity index (χ4n) is 2.06. The second-order valence-corrected chi connectivity index (χ2v) is 5.96. The van der Waals surface area contributed by atoms with Crippen LogP contribution in [0, 0.1) is 0 Å². The summed E-state index contributed by atoms with van der Waals surface area (Å²) in [6.07, 6.45) is 0. The number of benzene rings is 1. The van der Waals surface area contributed by atoms with E-state index in [4.69, 9.17) is 5.11 Å². The third kappa shape index (κ3) is 4.28. The van der Waals surface area contributed by atoms with E-state index in [-0.39, 0.29) is 6.61 Å². The van der Waals surface area contributed by atoms with E-state index in [0.29, 0.717) is 0 Å². The summed E-state index contributed by atoms with van der Waals surface area (Å²) in [4.78, 5) is 6.22. The summed E-state index contributed by atoms with van der Waals surface area (Å²) in [7, 11) is 2.19. The highest BCUT2D eigenvalue weighted by Crippen LogP contribution is 2.18. The van der Waals surface area contributed by atoms with Crippen molar-refractivity contribution in [1.82, 2.24) is 9.80 Å². The van der Waals surface area contributed by atoms with Crippen LogP contribution in [-0.4, -0.2) is 60.4 Å². The molecule has 1 aromatic rings. The summed E-state index contributed by atoms with van der Waals surface area (Å²) in [5.41, 5.74) is 0.985. The highest BCUT2D eigenvalue weighted by atomic mass is 32.2. The smallest absolute Gasteiger partial charge is 0.0681 e. The van der Waals surface area contributed by atoms with Gasteiger partial charge in [0.1, 0.15) is 0 Å². The van der Waals surface area contributed by atoms with Crippen LogP contribution in [0.4, 0.5) is 0 Å². The van der Waals surface area contributed by atoms with Gasteiger partial charge in [0.25, 0.3) is 0 Å². The molecule has 0 radical (unpaired) electrons. The summed E-state index contributed by atoms with van der Waals surface area (Å²) in [6.45, 7) is 6.07. The van der Waals surface area contributed by atoms with Crippen molar-refractivity contribution in [3.8, 4) is 0 Å². The highest BCUT2D eigenvalue weighted by molar-refractivity contribution is 7.99. The third-order valence-electron chi connectivity index (χ3n) is 3.38. The molecular formula is C14H22N2OS. The van der Waals surface area contributed by atoms with E-state index in [1.165, 1.54) is 37.6 Å². The molecule has 1 aliphatic heterocycles. The predicted molar refractivity (Wildman–Crippen MR) is 77.0 cm³/mol. The molecule has 1 aliphatic rings. The first-order valence-corrected chi connectivity index (χ1v) is 7.50. The molecule has 0 aliphatic carbocycles. The van der Waals surface area contributed by atoms with Crippen molar-refractivity contribution in [2.75, 3.05) is 45.5 Å². The van der Waals surface area contributed by atoms with Crippen molar-refractivity contribution >= 4 is 11.8 Å². The van der Waals surface area contributed by atoms with Gasteiger partial charge in [0.2, 0.25) is 0 Å². The first-order chi connectivity index (χ1) is 8.78. The van der Waals surface area contributed by atoms with Crippen molar-refractivity contribution in [2.45, 2.75) is 11.5 Å². The van der Waals surface area contributed by atoms with E-state index in [2.05, 4.69) is 29.0 Å². The average molecular weight is 266 g/mol. The van der Waals surface area contributed by atoms with Gasteiger partial charge in [0.05, 0.1) is 6.61 Å². The minimum absolute atomic E-state index is 0.131. The SMILES string of the molecule is CN1CCN(CCSc2ccc(CO)cc2)CC1. The molecule has 3 nitrogen and oxygen atoms in total. The molecule has 1 aromatic carbocycles. The van der Waals surface area contributed by atoms with Crippen molar-refractivity contribution in [1.29, 1.82) is 0 Å². The highest BCUT2D eigenvalue weighted by Gasteiger charge is 2.12. The van der Waals surface area contributed by atoms with Crippen LogP contribution < -0.4 is 0 Å². The molecule has 0 aromatic heterocycles. The number of nitrogens with zero attached hydrogens (tertiary/aromatic N) is 2. The predicted octanol–water partition coefficient (Wildman–Crippen LogP) is 1.52. The van der Waals surface area contributed by atoms with Gasteiger partial charge in [0.15, 0.2) is 0 Å². The first kappa shape index (κ1) is 13.9. The van der Waals surface area contributed by atoms with Crippen LogP contribution in [0.15, 0.2) is 29.2 Å². The topological polar surface area (TPSA) is 26.7 Å². The Balaban J connectivity index is 1.68. The lowest BCUT2D eigenvalue weighted by atomic mass is 10.2. The van der Waals surface area contributed by atoms with E-state index < -0.39 is 0 Å². The summed E-state index contributed by atoms with van der Waals surface area (Å²) < 4.78 is 0. The Hall–Kier alpha value is -0.550. The number of hydrogen-bond acceptors (Lipinski definition) is 4. The Labute approximate surface area is 114 Å². The molecule has 0 saturated carbocycles. The Morgan fingerprint density at radius 3 is 2.39 bits per heavy atom. The van der Waals surface area contributed by atoms with Gasteiger partial charge in [-0.3, -0.25) is 4.90 Å². The molecule has 1 heterocycles. The third-order valence-corrected chi connectivity index (χ3v) is 4.37. The van der Waals surface area contributed by atoms with Gasteiger partial charge in [-0.15, -0.1) is 11.8 Å². The second-order valence-electron chi connectivity index (χ2n) is 4.80. The van der Waals surface area contributed by atoms with Crippen LogP contribution in [0.2, 0.25) is 0 Å². The van der Waals surface area contributed by atoms with Gasteiger partial charge in [0, 0.05) is 43.4 Å². The minimum atomic E-state index is 0.131. The molecule has 2 rings (SSSR count). The lowest BCUT2D eigenvalue weighted by molar-refractivity contribution is 0.161. The van der Waals surface area contributed by atoms with Crippen LogP contribution in [-0.2, 0) is 6.61 Å². The molecule has 0 atom stereocenters. The molecule has 0 unspecified atom stereocenters. The van der Waals surface area contributed by atoms with Crippen molar-refractivity contribution < 1.29 is 5.11 Å². The lowest BCUT2D eigenvalue weighted by Crippen LogP contribution is -2.45. The van der Waals surface area contributed by atoms with Gasteiger partial charge < -0.3 is 10.0 Å². The summed E-state index contributed by atoms with van der Waals surface area (Å²) >= 11 is 1.90. The maximum atomic E-state index is 8.98. The average Bonchev–Trinajstić information content (AvgIpc) is 2.42. The van der Waals surface area contributed by atoms with Crippen molar-refractivity contribution in [2.24, 2.45) is 0 Å². The zero-order valence-electron chi connectivity index (χ0n) is 11.0. The minimum Gasteiger partial charge on any atom is -0.392 e. The molecule has 4 heteroatoms. The number of hydrogen-bond donors (Lipinski definition) is 1. The summed E-state index contributed by atoms with van der Waals surface area (Å²) in [6, 6.07) is 8.19. The molecule has 0 amide bonds. The maximum Gasteiger partial charge on any atom is 0.0681 e. The molecular weight excluding hydrogens is 244 g/mol. The maximum absolute atomic E-state index is 8.98. The Bertz CT molecular complexity index is 347. The fraction of sp³-hybridized carbons (Fsp3) is 0.571. The number of rotatable bonds is 5. The van der Waals surface area contributed by atoms with Crippen molar-refractivity contribution in [3.63, 3.8) is 0 Å². The summed E-state index contributed by atoms with van der Waals surface area (Å²) in [5, 5.41) is 8.98. The first-order valence-electron chi connectivity index (χ1n) is 6.51. The lowest BCUT2D eigenvalue weighted by Gasteiger charge is -2.32. The largest absolute Gasteiger partial charge is 0.392 e. The van der Waals surface area contributed by atoms with Gasteiger partial charge in [-0.1, -0.05) is 12.1 Å². The van der Waals surface area contributed by atoms with Crippen LogP contribution in [0.5, 0.6) is 0 Å². The zero-order chi connectivity index (χ0) is 12.8. The monoisotopic (exact) mass is 266 g/mol. The van der Waals surface area contributed by atoms with Crippen LogP contribution in [0.25, 0.3) is 0 Å². The van der Waals surface area contributed by atoms with Gasteiger partial charge in [-0.05, 0) is 24.7 Å². The Morgan fingerprint density at radius 2 is 1.78 bits per heavy atom. The van der Waals surface area contributed by atoms with Crippen LogP contribution >= 0.6 is 11.8 Å². The van der Waals surface area contributed by atoms with Gasteiger partial charge in [-0.2, -0.15) is 0 Å². The van der Waals surface area contributed by atoms with E-state index in [9.17, 15) is 0 Å². The summed E-state index contributed by atoms with van der Waals surface area (Å²) in [5.74, 6) is 1.14. The number of aliphatic hydroxyl groups is 1. The van der Waals surface area contributed by atoms with E-state index in [1.54, 1.807) is 0 Å². The molecule has 1 N–H and O–H groups in total. The number of thioether (sulfide) groups is 1. The molecule has 0 bridgehead atoms. The van der Waals surface area contributed by atoms with Gasteiger partial charge in [-0.25, -0.2) is 0 Å². The Morgan fingerprint density at radius 1 is 1.11 bits per heavy atom. The normalized spacial score (nSPS) is 18.1. The fourth-order valence-corrected chi connectivity index (χ4v) is 2.97. The zero-order valence-corrected chi connectivity index (χ0v) is 11.8. The second kappa shape index (κ2) is 7.14. The quantitative estimate of drug-likeness (QED) is 0.818. The molecule has 1 fully saturated rings.